The second-order valence-electron chi connectivity index (χ2n) is 16.1. The summed E-state index contributed by atoms with van der Waals surface area (Å²) >= 11 is 0. The van der Waals surface area contributed by atoms with E-state index in [4.69, 9.17) is 0 Å². The molecule has 4 aliphatic rings. The molecule has 272 valence electrons. The summed E-state index contributed by atoms with van der Waals surface area (Å²) in [6, 6.07) is 20.4. The molecule has 1 N–H and O–H groups in total. The molecule has 6 rings (SSSR count). The van der Waals surface area contributed by atoms with Crippen molar-refractivity contribution in [1.82, 2.24) is 5.32 Å². The highest BCUT2D eigenvalue weighted by Crippen LogP contribution is 2.54. The Kier molecular flexibility index (Phi) is 12.7. The van der Waals surface area contributed by atoms with E-state index in [1.165, 1.54) is 116 Å². The Balaban J connectivity index is 1.39. The van der Waals surface area contributed by atoms with E-state index < -0.39 is 0 Å². The van der Waals surface area contributed by atoms with Gasteiger partial charge in [-0.1, -0.05) is 144 Å². The molecule has 0 saturated heterocycles. The second kappa shape index (κ2) is 17.3. The molecule has 2 aromatic carbocycles. The molecule has 0 aliphatic heterocycles. The van der Waals surface area contributed by atoms with Crippen LogP contribution < -0.4 is 20.7 Å². The molecular weight excluding hydrogens is 617 g/mol. The van der Waals surface area contributed by atoms with Crippen molar-refractivity contribution in [2.24, 2.45) is 16.7 Å². The van der Waals surface area contributed by atoms with E-state index in [1.54, 1.807) is 11.1 Å². The number of unbranched alkanes of at least 4 members (excludes halogenated alkanes) is 2. The fourth-order valence-corrected chi connectivity index (χ4v) is 9.71. The molecule has 0 amide bonds. The number of nitrogens with one attached hydrogen (secondary N) is 1. The molecule has 0 radical (unpaired) electrons. The SMILES string of the molecule is CCCCC(CCCC)(C1=CC=C(C(C)(CC)CC)CC1)C1CC=C(N(C2=c3ccccc3=C(NC3=CCCC=C3)CC2)c2ccccc2)CC1. The smallest absolute Gasteiger partial charge is 0.0455 e. The number of benzene rings is 2. The number of nitrogens with zero attached hydrogens (tertiary/aromatic N) is 1. The molecule has 2 nitrogen and oxygen atoms in total. The van der Waals surface area contributed by atoms with Gasteiger partial charge in [-0.05, 0) is 118 Å². The standard InChI is InChI=1S/C49H66N2/c1-6-10-36-49(37-11-7-2,39-28-26-38(27-29-39)48(5,8-3)9-4)40-30-32-43(33-31-40)51(42-22-16-13-17-23-42)47-35-34-46(44-24-18-19-25-45(44)47)50-41-20-14-12-15-21-41/h13-14,16-26,28,32,40,50H,6-12,15,27,29-31,33-37H2,1-5H3. The average Bonchev–Trinajstić information content (AvgIpc) is 3.20. The molecule has 0 aromatic heterocycles. The van der Waals surface area contributed by atoms with Gasteiger partial charge in [0.1, 0.15) is 0 Å². The Morgan fingerprint density at radius 3 is 2.02 bits per heavy atom. The third-order valence-corrected chi connectivity index (χ3v) is 13.3. The molecule has 0 spiro atoms. The van der Waals surface area contributed by atoms with Crippen molar-refractivity contribution < 1.29 is 0 Å². The number of hydrogen-bond acceptors (Lipinski definition) is 2. The van der Waals surface area contributed by atoms with E-state index in [0.717, 1.165) is 32.1 Å². The monoisotopic (exact) mass is 683 g/mol. The van der Waals surface area contributed by atoms with Gasteiger partial charge in [0, 0.05) is 38.9 Å². The number of para-hydroxylation sites is 1. The number of anilines is 1. The second-order valence-corrected chi connectivity index (χ2v) is 16.1. The highest BCUT2D eigenvalue weighted by molar-refractivity contribution is 5.75. The number of rotatable bonds is 16. The van der Waals surface area contributed by atoms with E-state index in [9.17, 15) is 0 Å². The molecule has 0 saturated carbocycles. The van der Waals surface area contributed by atoms with Gasteiger partial charge in [0.05, 0.1) is 0 Å². The molecule has 0 heterocycles. The van der Waals surface area contributed by atoms with Gasteiger partial charge in [0.25, 0.3) is 0 Å². The summed E-state index contributed by atoms with van der Waals surface area (Å²) in [7, 11) is 0. The van der Waals surface area contributed by atoms with E-state index in [0.29, 0.717) is 16.7 Å². The Labute approximate surface area is 310 Å². The van der Waals surface area contributed by atoms with Crippen LogP contribution in [0.1, 0.15) is 144 Å². The largest absolute Gasteiger partial charge is 0.359 e. The third kappa shape index (κ3) is 8.11. The fraction of sp³-hybridized carbons (Fsp3) is 0.510. The van der Waals surface area contributed by atoms with Crippen LogP contribution in [0.15, 0.2) is 114 Å². The van der Waals surface area contributed by atoms with Gasteiger partial charge in [-0.15, -0.1) is 0 Å². The third-order valence-electron chi connectivity index (χ3n) is 13.3. The van der Waals surface area contributed by atoms with E-state index in [-0.39, 0.29) is 0 Å². The summed E-state index contributed by atoms with van der Waals surface area (Å²) in [5.74, 6) is 0.700. The molecule has 0 fully saturated rings. The molecule has 1 atom stereocenters. The normalized spacial score (nSPS) is 19.5. The van der Waals surface area contributed by atoms with Gasteiger partial charge in [-0.3, -0.25) is 0 Å². The molecule has 1 unspecified atom stereocenters. The Hall–Kier alpha value is -3.52. The van der Waals surface area contributed by atoms with Crippen LogP contribution in [-0.4, -0.2) is 0 Å². The first-order chi connectivity index (χ1) is 25.0. The van der Waals surface area contributed by atoms with Crippen LogP contribution in [0.25, 0.3) is 11.4 Å². The zero-order valence-corrected chi connectivity index (χ0v) is 32.7. The van der Waals surface area contributed by atoms with Gasteiger partial charge < -0.3 is 10.2 Å². The van der Waals surface area contributed by atoms with Crippen molar-refractivity contribution in [2.45, 2.75) is 144 Å². The zero-order chi connectivity index (χ0) is 35.7. The van der Waals surface area contributed by atoms with Crippen LogP contribution in [0.4, 0.5) is 5.69 Å². The van der Waals surface area contributed by atoms with E-state index in [1.807, 2.05) is 0 Å². The van der Waals surface area contributed by atoms with Crippen molar-refractivity contribution in [1.29, 1.82) is 0 Å². The minimum absolute atomic E-state index is 0.310. The molecule has 2 aromatic rings. The molecule has 4 aliphatic carbocycles. The highest BCUT2D eigenvalue weighted by atomic mass is 15.2. The number of fused-ring (bicyclic) bond motifs is 1. The van der Waals surface area contributed by atoms with Crippen LogP contribution >= 0.6 is 0 Å². The van der Waals surface area contributed by atoms with Crippen molar-refractivity contribution in [3.8, 4) is 0 Å². The Morgan fingerprint density at radius 2 is 1.41 bits per heavy atom. The fourth-order valence-electron chi connectivity index (χ4n) is 9.71. The summed E-state index contributed by atoms with van der Waals surface area (Å²) in [4.78, 5) is 2.66. The van der Waals surface area contributed by atoms with Crippen molar-refractivity contribution in [2.75, 3.05) is 4.90 Å². The summed E-state index contributed by atoms with van der Waals surface area (Å²) < 4.78 is 0. The quantitative estimate of drug-likeness (QED) is 0.190. The topological polar surface area (TPSA) is 15.3 Å². The summed E-state index contributed by atoms with van der Waals surface area (Å²) in [6.45, 7) is 12.0. The van der Waals surface area contributed by atoms with Gasteiger partial charge in [0.2, 0.25) is 0 Å². The molecule has 0 bridgehead atoms. The van der Waals surface area contributed by atoms with E-state index in [2.05, 4.69) is 136 Å². The lowest BCUT2D eigenvalue weighted by Gasteiger charge is -2.47. The van der Waals surface area contributed by atoms with Crippen LogP contribution in [0.2, 0.25) is 0 Å². The van der Waals surface area contributed by atoms with E-state index >= 15 is 0 Å². The highest BCUT2D eigenvalue weighted by Gasteiger charge is 2.42. The van der Waals surface area contributed by atoms with Crippen LogP contribution in [0.3, 0.4) is 0 Å². The van der Waals surface area contributed by atoms with Gasteiger partial charge in [-0.2, -0.15) is 0 Å². The maximum Gasteiger partial charge on any atom is 0.0455 e. The van der Waals surface area contributed by atoms with Gasteiger partial charge >= 0.3 is 0 Å². The van der Waals surface area contributed by atoms with Crippen LogP contribution in [-0.2, 0) is 0 Å². The van der Waals surface area contributed by atoms with Crippen LogP contribution in [0.5, 0.6) is 0 Å². The van der Waals surface area contributed by atoms with Gasteiger partial charge in [-0.25, -0.2) is 0 Å². The first kappa shape index (κ1) is 37.2. The first-order valence-electron chi connectivity index (χ1n) is 20.9. The van der Waals surface area contributed by atoms with Crippen LogP contribution in [0, 0.1) is 16.7 Å². The Bertz CT molecular complexity index is 1750. The maximum atomic E-state index is 3.83. The molecular formula is C49H66N2. The summed E-state index contributed by atoms with van der Waals surface area (Å²) in [5.41, 5.74) is 11.0. The van der Waals surface area contributed by atoms with Gasteiger partial charge in [0.15, 0.2) is 0 Å². The number of hydrogen-bond donors (Lipinski definition) is 1. The predicted molar refractivity (Wildman–Crippen MR) is 221 cm³/mol. The summed E-state index contributed by atoms with van der Waals surface area (Å²) in [6.07, 6.45) is 35.6. The minimum Gasteiger partial charge on any atom is -0.359 e. The lowest BCUT2D eigenvalue weighted by atomic mass is 9.58. The average molecular weight is 683 g/mol. The lowest BCUT2D eigenvalue weighted by Crippen LogP contribution is -2.41. The Morgan fingerprint density at radius 1 is 0.725 bits per heavy atom. The zero-order valence-electron chi connectivity index (χ0n) is 32.7. The number of allylic oxidation sites excluding steroid dienone is 9. The first-order valence-corrected chi connectivity index (χ1v) is 20.9. The lowest BCUT2D eigenvalue weighted by molar-refractivity contribution is 0.146. The maximum absolute atomic E-state index is 3.83. The molecule has 2 heteroatoms. The minimum atomic E-state index is 0.310. The molecule has 51 heavy (non-hydrogen) atoms. The van der Waals surface area contributed by atoms with Crippen molar-refractivity contribution >= 4 is 17.1 Å². The van der Waals surface area contributed by atoms with Crippen molar-refractivity contribution in [3.05, 3.63) is 124 Å². The predicted octanol–water partition coefficient (Wildman–Crippen LogP) is 12.6. The summed E-state index contributed by atoms with van der Waals surface area (Å²) in [5, 5.41) is 6.56. The van der Waals surface area contributed by atoms with Crippen molar-refractivity contribution in [3.63, 3.8) is 0 Å².